The largest absolute Gasteiger partial charge is 0.449 e. The molecule has 0 fully saturated rings. The van der Waals surface area contributed by atoms with Gasteiger partial charge in [-0.2, -0.15) is 10.4 Å². The molecule has 0 spiro atoms. The van der Waals surface area contributed by atoms with E-state index in [4.69, 9.17) is 16.3 Å². The number of hydrogen-bond donors (Lipinski definition) is 1. The normalized spacial score (nSPS) is 10.3. The van der Waals surface area contributed by atoms with Crippen LogP contribution in [0.1, 0.15) is 11.1 Å². The minimum absolute atomic E-state index is 0.157. The molecule has 0 saturated heterocycles. The summed E-state index contributed by atoms with van der Waals surface area (Å²) >= 11 is 9.45. The number of anilines is 1. The van der Waals surface area contributed by atoms with Crippen molar-refractivity contribution in [3.63, 3.8) is 0 Å². The number of rotatable bonds is 5. The average Bonchev–Trinajstić information content (AvgIpc) is 3.06. The number of nitriles is 1. The van der Waals surface area contributed by atoms with Crippen LogP contribution in [-0.4, -0.2) is 22.5 Å². The lowest BCUT2D eigenvalue weighted by molar-refractivity contribution is 0.163. The van der Waals surface area contributed by atoms with E-state index in [2.05, 4.69) is 26.3 Å². The standard InChI is InChI=1S/C19H14BrClN4O2/c20-15-5-7-16(8-6-15)25-18(14(11-22)12-23-25)24-19(26)27-10-9-13-3-1-2-4-17(13)21/h1-8,12H,9-10H2,(H,24,26). The Bertz CT molecular complexity index is 996. The summed E-state index contributed by atoms with van der Waals surface area (Å²) in [5, 5.41) is 16.7. The fourth-order valence-electron chi connectivity index (χ4n) is 2.42. The Kier molecular flexibility index (Phi) is 6.12. The van der Waals surface area contributed by atoms with Crippen LogP contribution >= 0.6 is 27.5 Å². The highest BCUT2D eigenvalue weighted by Gasteiger charge is 2.16. The molecule has 1 heterocycles. The fourth-order valence-corrected chi connectivity index (χ4v) is 2.91. The predicted molar refractivity (Wildman–Crippen MR) is 106 cm³/mol. The molecule has 8 heteroatoms. The van der Waals surface area contributed by atoms with E-state index in [0.29, 0.717) is 17.1 Å². The van der Waals surface area contributed by atoms with Crippen LogP contribution < -0.4 is 5.32 Å². The Hall–Kier alpha value is -2.82. The molecule has 0 aliphatic carbocycles. The molecule has 0 saturated carbocycles. The Labute approximate surface area is 169 Å². The summed E-state index contributed by atoms with van der Waals surface area (Å²) in [5.74, 6) is 0.252. The van der Waals surface area contributed by atoms with Gasteiger partial charge in [-0.15, -0.1) is 0 Å². The first-order valence-corrected chi connectivity index (χ1v) is 9.17. The van der Waals surface area contributed by atoms with Crippen LogP contribution in [0.3, 0.4) is 0 Å². The van der Waals surface area contributed by atoms with E-state index in [9.17, 15) is 10.1 Å². The minimum atomic E-state index is -0.669. The van der Waals surface area contributed by atoms with Gasteiger partial charge in [-0.25, -0.2) is 9.48 Å². The van der Waals surface area contributed by atoms with E-state index in [0.717, 1.165) is 10.0 Å². The van der Waals surface area contributed by atoms with Crippen LogP contribution in [0.5, 0.6) is 0 Å². The highest BCUT2D eigenvalue weighted by Crippen LogP contribution is 2.21. The summed E-state index contributed by atoms with van der Waals surface area (Å²) in [7, 11) is 0. The van der Waals surface area contributed by atoms with Gasteiger partial charge in [0.2, 0.25) is 0 Å². The molecule has 1 aromatic heterocycles. The number of hydrogen-bond acceptors (Lipinski definition) is 4. The number of halogens is 2. The van der Waals surface area contributed by atoms with Gasteiger partial charge in [-0.05, 0) is 35.9 Å². The molecule has 0 radical (unpaired) electrons. The molecule has 0 atom stereocenters. The smallest absolute Gasteiger partial charge is 0.412 e. The molecule has 27 heavy (non-hydrogen) atoms. The molecular formula is C19H14BrClN4O2. The lowest BCUT2D eigenvalue weighted by atomic mass is 10.2. The van der Waals surface area contributed by atoms with E-state index in [1.165, 1.54) is 10.9 Å². The Balaban J connectivity index is 1.68. The van der Waals surface area contributed by atoms with Gasteiger partial charge in [-0.3, -0.25) is 5.32 Å². The van der Waals surface area contributed by atoms with Gasteiger partial charge in [0.05, 0.1) is 18.5 Å². The number of ether oxygens (including phenoxy) is 1. The minimum Gasteiger partial charge on any atom is -0.449 e. The summed E-state index contributed by atoms with van der Waals surface area (Å²) < 4.78 is 7.60. The zero-order valence-electron chi connectivity index (χ0n) is 14.0. The lowest BCUT2D eigenvalue weighted by Gasteiger charge is -2.10. The van der Waals surface area contributed by atoms with Gasteiger partial charge in [0.1, 0.15) is 11.6 Å². The lowest BCUT2D eigenvalue weighted by Crippen LogP contribution is -2.18. The third-order valence-electron chi connectivity index (χ3n) is 3.74. The SMILES string of the molecule is N#Cc1cnn(-c2ccc(Br)cc2)c1NC(=O)OCCc1ccccc1Cl. The second kappa shape index (κ2) is 8.71. The van der Waals surface area contributed by atoms with Crippen molar-refractivity contribution >= 4 is 39.4 Å². The van der Waals surface area contributed by atoms with Crippen LogP contribution in [0, 0.1) is 11.3 Å². The second-order valence-corrected chi connectivity index (χ2v) is 6.83. The molecule has 0 bridgehead atoms. The molecule has 1 N–H and O–H groups in total. The zero-order chi connectivity index (χ0) is 19.2. The third kappa shape index (κ3) is 4.67. The van der Waals surface area contributed by atoms with Crippen LogP contribution in [0.25, 0.3) is 5.69 Å². The summed E-state index contributed by atoms with van der Waals surface area (Å²) in [6.45, 7) is 0.157. The van der Waals surface area contributed by atoms with Gasteiger partial charge in [0.25, 0.3) is 0 Å². The molecule has 3 aromatic rings. The second-order valence-electron chi connectivity index (χ2n) is 5.51. The van der Waals surface area contributed by atoms with E-state index in [1.807, 2.05) is 48.5 Å². The maximum absolute atomic E-state index is 12.2. The Morgan fingerprint density at radius 3 is 2.70 bits per heavy atom. The number of amides is 1. The maximum atomic E-state index is 12.2. The molecule has 6 nitrogen and oxygen atoms in total. The van der Waals surface area contributed by atoms with Crippen molar-refractivity contribution in [1.29, 1.82) is 5.26 Å². The van der Waals surface area contributed by atoms with Crippen molar-refractivity contribution in [1.82, 2.24) is 9.78 Å². The summed E-state index contributed by atoms with van der Waals surface area (Å²) in [4.78, 5) is 12.2. The molecule has 1 amide bonds. The molecule has 2 aromatic carbocycles. The van der Waals surface area contributed by atoms with Crippen molar-refractivity contribution < 1.29 is 9.53 Å². The topological polar surface area (TPSA) is 79.9 Å². The van der Waals surface area contributed by atoms with Crippen molar-refractivity contribution in [2.75, 3.05) is 11.9 Å². The highest BCUT2D eigenvalue weighted by atomic mass is 79.9. The van der Waals surface area contributed by atoms with Gasteiger partial charge >= 0.3 is 6.09 Å². The fraction of sp³-hybridized carbons (Fsp3) is 0.105. The number of benzene rings is 2. The van der Waals surface area contributed by atoms with E-state index >= 15 is 0 Å². The molecular weight excluding hydrogens is 432 g/mol. The third-order valence-corrected chi connectivity index (χ3v) is 4.64. The predicted octanol–water partition coefficient (Wildman–Crippen LogP) is 4.95. The van der Waals surface area contributed by atoms with Crippen LogP contribution in [0.4, 0.5) is 10.6 Å². The quantitative estimate of drug-likeness (QED) is 0.602. The number of carbonyl (C=O) groups is 1. The average molecular weight is 446 g/mol. The van der Waals surface area contributed by atoms with Gasteiger partial charge in [-0.1, -0.05) is 45.7 Å². The number of aromatic nitrogens is 2. The Morgan fingerprint density at radius 2 is 2.00 bits per heavy atom. The summed E-state index contributed by atoms with van der Waals surface area (Å²) in [5.41, 5.74) is 1.83. The van der Waals surface area contributed by atoms with E-state index in [-0.39, 0.29) is 18.0 Å². The van der Waals surface area contributed by atoms with Crippen molar-refractivity contribution in [3.05, 3.63) is 75.4 Å². The molecule has 0 aliphatic heterocycles. The zero-order valence-corrected chi connectivity index (χ0v) is 16.4. The highest BCUT2D eigenvalue weighted by molar-refractivity contribution is 9.10. The van der Waals surface area contributed by atoms with Crippen LogP contribution in [0.15, 0.2) is 59.2 Å². The number of nitrogens with zero attached hydrogens (tertiary/aromatic N) is 3. The van der Waals surface area contributed by atoms with Crippen LogP contribution in [0.2, 0.25) is 5.02 Å². The van der Waals surface area contributed by atoms with Gasteiger partial charge in [0, 0.05) is 15.9 Å². The van der Waals surface area contributed by atoms with Crippen molar-refractivity contribution in [2.45, 2.75) is 6.42 Å². The van der Waals surface area contributed by atoms with Crippen molar-refractivity contribution in [2.24, 2.45) is 0 Å². The summed E-state index contributed by atoms with van der Waals surface area (Å²) in [6.07, 6.45) is 1.21. The number of nitrogens with one attached hydrogen (secondary N) is 1. The molecule has 0 unspecified atom stereocenters. The molecule has 3 rings (SSSR count). The Morgan fingerprint density at radius 1 is 1.26 bits per heavy atom. The van der Waals surface area contributed by atoms with E-state index < -0.39 is 6.09 Å². The van der Waals surface area contributed by atoms with Crippen molar-refractivity contribution in [3.8, 4) is 11.8 Å². The first-order chi connectivity index (χ1) is 13.1. The van der Waals surface area contributed by atoms with Crippen LogP contribution in [-0.2, 0) is 11.2 Å². The van der Waals surface area contributed by atoms with Gasteiger partial charge < -0.3 is 4.74 Å². The van der Waals surface area contributed by atoms with E-state index in [1.54, 1.807) is 6.07 Å². The molecule has 0 aliphatic rings. The summed E-state index contributed by atoms with van der Waals surface area (Å²) in [6, 6.07) is 16.7. The maximum Gasteiger partial charge on any atom is 0.412 e. The first-order valence-electron chi connectivity index (χ1n) is 7.99. The van der Waals surface area contributed by atoms with Gasteiger partial charge in [0.15, 0.2) is 5.82 Å². The first kappa shape index (κ1) is 19.0. The molecule has 136 valence electrons. The monoisotopic (exact) mass is 444 g/mol. The number of carbonyl (C=O) groups excluding carboxylic acids is 1.